The van der Waals surface area contributed by atoms with E-state index in [1.54, 1.807) is 0 Å². The maximum absolute atomic E-state index is 6.34. The lowest BCUT2D eigenvalue weighted by Crippen LogP contribution is -2.31. The van der Waals surface area contributed by atoms with Gasteiger partial charge in [0.1, 0.15) is 6.10 Å². The highest BCUT2D eigenvalue weighted by molar-refractivity contribution is 5.28. The van der Waals surface area contributed by atoms with Gasteiger partial charge in [0.15, 0.2) is 0 Å². The highest BCUT2D eigenvalue weighted by Crippen LogP contribution is 2.32. The van der Waals surface area contributed by atoms with Gasteiger partial charge in [-0.1, -0.05) is 26.3 Å². The van der Waals surface area contributed by atoms with Gasteiger partial charge in [-0.15, -0.1) is 0 Å². The first-order valence-corrected chi connectivity index (χ1v) is 8.61. The monoisotopic (exact) mass is 290 g/mol. The van der Waals surface area contributed by atoms with E-state index in [-0.39, 0.29) is 6.04 Å². The van der Waals surface area contributed by atoms with Crippen LogP contribution < -0.4 is 10.1 Å². The number of pyridine rings is 1. The molecular formula is C18H30N2O. The van der Waals surface area contributed by atoms with E-state index in [9.17, 15) is 0 Å². The summed E-state index contributed by atoms with van der Waals surface area (Å²) in [5, 5.41) is 3.53. The average Bonchev–Trinajstić information content (AvgIpc) is 2.53. The van der Waals surface area contributed by atoms with Crippen molar-refractivity contribution in [3.05, 3.63) is 23.9 Å². The molecule has 1 heterocycles. The van der Waals surface area contributed by atoms with Crippen LogP contribution in [0.4, 0.5) is 0 Å². The lowest BCUT2D eigenvalue weighted by Gasteiger charge is -2.31. The smallest absolute Gasteiger partial charge is 0.218 e. The van der Waals surface area contributed by atoms with Crippen molar-refractivity contribution in [1.29, 1.82) is 0 Å². The van der Waals surface area contributed by atoms with Crippen molar-refractivity contribution in [2.24, 2.45) is 5.92 Å². The fourth-order valence-corrected chi connectivity index (χ4v) is 3.24. The summed E-state index contributed by atoms with van der Waals surface area (Å²) in [4.78, 5) is 4.51. The summed E-state index contributed by atoms with van der Waals surface area (Å²) in [5.41, 5.74) is 1.19. The Hall–Kier alpha value is -1.09. The molecule has 3 heteroatoms. The van der Waals surface area contributed by atoms with Crippen LogP contribution in [0.15, 0.2) is 18.3 Å². The van der Waals surface area contributed by atoms with Gasteiger partial charge in [-0.2, -0.15) is 0 Å². The van der Waals surface area contributed by atoms with E-state index >= 15 is 0 Å². The zero-order valence-electron chi connectivity index (χ0n) is 13.8. The first-order chi connectivity index (χ1) is 10.3. The highest BCUT2D eigenvalue weighted by Gasteiger charge is 2.26. The third-order valence-electron chi connectivity index (χ3n) is 4.59. The second-order valence-corrected chi connectivity index (χ2v) is 6.18. The SMILES string of the molecule is CCCNC(C)c1cccnc1OC1CCCCC1CC. The summed E-state index contributed by atoms with van der Waals surface area (Å²) in [5.74, 6) is 1.52. The van der Waals surface area contributed by atoms with Crippen molar-refractivity contribution in [1.82, 2.24) is 10.3 Å². The molecule has 2 rings (SSSR count). The zero-order chi connectivity index (χ0) is 15.1. The van der Waals surface area contributed by atoms with Gasteiger partial charge in [0, 0.05) is 17.8 Å². The summed E-state index contributed by atoms with van der Waals surface area (Å²) in [6.07, 6.45) is 9.64. The predicted octanol–water partition coefficient (Wildman–Crippen LogP) is 4.49. The van der Waals surface area contributed by atoms with Crippen LogP contribution in [0, 0.1) is 5.92 Å². The quantitative estimate of drug-likeness (QED) is 0.803. The molecule has 1 saturated carbocycles. The minimum atomic E-state index is 0.289. The largest absolute Gasteiger partial charge is 0.474 e. The van der Waals surface area contributed by atoms with Crippen LogP contribution in [0.2, 0.25) is 0 Å². The number of hydrogen-bond donors (Lipinski definition) is 1. The molecule has 3 atom stereocenters. The van der Waals surface area contributed by atoms with Gasteiger partial charge in [0.25, 0.3) is 0 Å². The van der Waals surface area contributed by atoms with Crippen LogP contribution in [-0.4, -0.2) is 17.6 Å². The van der Waals surface area contributed by atoms with Gasteiger partial charge in [0.2, 0.25) is 5.88 Å². The molecule has 3 nitrogen and oxygen atoms in total. The second-order valence-electron chi connectivity index (χ2n) is 6.18. The van der Waals surface area contributed by atoms with E-state index in [0.29, 0.717) is 12.0 Å². The lowest BCUT2D eigenvalue weighted by molar-refractivity contribution is 0.0842. The van der Waals surface area contributed by atoms with E-state index in [1.165, 1.54) is 37.7 Å². The Morgan fingerprint density at radius 3 is 2.90 bits per heavy atom. The zero-order valence-corrected chi connectivity index (χ0v) is 13.8. The molecule has 1 aliphatic rings. The lowest BCUT2D eigenvalue weighted by atomic mass is 9.85. The molecule has 3 unspecified atom stereocenters. The van der Waals surface area contributed by atoms with Gasteiger partial charge in [0.05, 0.1) is 0 Å². The Kier molecular flexibility index (Phi) is 6.50. The third-order valence-corrected chi connectivity index (χ3v) is 4.59. The first kappa shape index (κ1) is 16.3. The Morgan fingerprint density at radius 1 is 1.33 bits per heavy atom. The van der Waals surface area contributed by atoms with Crippen molar-refractivity contribution < 1.29 is 4.74 Å². The van der Waals surface area contributed by atoms with Crippen molar-refractivity contribution in [3.63, 3.8) is 0 Å². The van der Waals surface area contributed by atoms with Crippen LogP contribution in [0.25, 0.3) is 0 Å². The Morgan fingerprint density at radius 2 is 2.14 bits per heavy atom. The Bertz CT molecular complexity index is 421. The molecule has 0 bridgehead atoms. The van der Waals surface area contributed by atoms with Crippen LogP contribution in [0.5, 0.6) is 5.88 Å². The van der Waals surface area contributed by atoms with Gasteiger partial charge >= 0.3 is 0 Å². The van der Waals surface area contributed by atoms with E-state index in [4.69, 9.17) is 4.74 Å². The Labute approximate surface area is 129 Å². The molecule has 1 N–H and O–H groups in total. The van der Waals surface area contributed by atoms with Gasteiger partial charge in [-0.25, -0.2) is 4.98 Å². The normalized spacial score (nSPS) is 23.8. The van der Waals surface area contributed by atoms with E-state index in [1.807, 2.05) is 12.3 Å². The second kappa shape index (κ2) is 8.38. The standard InChI is InChI=1S/C18H30N2O/c1-4-12-19-14(3)16-10-8-13-20-18(16)21-17-11-7-6-9-15(17)5-2/h8,10,13-15,17,19H,4-7,9,11-12H2,1-3H3. The van der Waals surface area contributed by atoms with Crippen LogP contribution in [-0.2, 0) is 0 Å². The number of nitrogens with zero attached hydrogens (tertiary/aromatic N) is 1. The first-order valence-electron chi connectivity index (χ1n) is 8.61. The summed E-state index contributed by atoms with van der Waals surface area (Å²) in [6, 6.07) is 4.43. The summed E-state index contributed by atoms with van der Waals surface area (Å²) in [7, 11) is 0. The van der Waals surface area contributed by atoms with Crippen LogP contribution >= 0.6 is 0 Å². The van der Waals surface area contributed by atoms with Gasteiger partial charge in [-0.3, -0.25) is 0 Å². The van der Waals surface area contributed by atoms with Crippen LogP contribution in [0.1, 0.15) is 70.9 Å². The van der Waals surface area contributed by atoms with Crippen molar-refractivity contribution in [2.75, 3.05) is 6.54 Å². The third kappa shape index (κ3) is 4.44. The fraction of sp³-hybridized carbons (Fsp3) is 0.722. The molecule has 0 saturated heterocycles. The maximum atomic E-state index is 6.34. The minimum Gasteiger partial charge on any atom is -0.474 e. The summed E-state index contributed by atoms with van der Waals surface area (Å²) >= 11 is 0. The molecule has 1 aliphatic carbocycles. The number of aromatic nitrogens is 1. The summed E-state index contributed by atoms with van der Waals surface area (Å²) < 4.78 is 6.34. The van der Waals surface area contributed by atoms with Crippen LogP contribution in [0.3, 0.4) is 0 Å². The molecule has 0 radical (unpaired) electrons. The fourth-order valence-electron chi connectivity index (χ4n) is 3.24. The molecule has 1 aromatic heterocycles. The number of nitrogens with one attached hydrogen (secondary N) is 1. The Balaban J connectivity index is 2.08. The van der Waals surface area contributed by atoms with E-state index in [2.05, 4.69) is 37.1 Å². The van der Waals surface area contributed by atoms with Crippen molar-refractivity contribution in [3.8, 4) is 5.88 Å². The number of rotatable bonds is 7. The molecule has 0 amide bonds. The molecule has 0 aliphatic heterocycles. The topological polar surface area (TPSA) is 34.2 Å². The van der Waals surface area contributed by atoms with Crippen molar-refractivity contribution in [2.45, 2.75) is 71.4 Å². The molecule has 0 spiro atoms. The molecule has 0 aromatic carbocycles. The molecule has 118 valence electrons. The van der Waals surface area contributed by atoms with Gasteiger partial charge in [-0.05, 0) is 57.6 Å². The van der Waals surface area contributed by atoms with E-state index in [0.717, 1.165) is 18.8 Å². The maximum Gasteiger partial charge on any atom is 0.218 e. The summed E-state index contributed by atoms with van der Waals surface area (Å²) in [6.45, 7) is 7.68. The molecule has 21 heavy (non-hydrogen) atoms. The van der Waals surface area contributed by atoms with Gasteiger partial charge < -0.3 is 10.1 Å². The number of ether oxygens (including phenoxy) is 1. The molecule has 1 fully saturated rings. The minimum absolute atomic E-state index is 0.289. The molecular weight excluding hydrogens is 260 g/mol. The van der Waals surface area contributed by atoms with E-state index < -0.39 is 0 Å². The van der Waals surface area contributed by atoms with Crippen molar-refractivity contribution >= 4 is 0 Å². The molecule has 1 aromatic rings. The number of hydrogen-bond acceptors (Lipinski definition) is 3. The highest BCUT2D eigenvalue weighted by atomic mass is 16.5. The average molecular weight is 290 g/mol. The predicted molar refractivity (Wildman–Crippen MR) is 87.6 cm³/mol.